The number of halogens is 1. The highest BCUT2D eigenvalue weighted by molar-refractivity contribution is 5.92. The summed E-state index contributed by atoms with van der Waals surface area (Å²) in [5.74, 6) is -0.118. The van der Waals surface area contributed by atoms with Gasteiger partial charge < -0.3 is 14.7 Å². The maximum Gasteiger partial charge on any atom is 0.272 e. The van der Waals surface area contributed by atoms with Gasteiger partial charge in [0.25, 0.3) is 5.91 Å². The van der Waals surface area contributed by atoms with E-state index in [2.05, 4.69) is 5.10 Å². The van der Waals surface area contributed by atoms with Crippen molar-refractivity contribution in [1.29, 1.82) is 0 Å². The molecule has 7 heteroatoms. The van der Waals surface area contributed by atoms with Crippen LogP contribution in [0.2, 0.25) is 0 Å². The SMILES string of the molecule is Cn1nccc1C(=O)N1C[C@H]2[C@H](O)[C@@H]3C[C@H](c4ccc(F)cc4)[C@@H](O3)[C@H]2C1. The van der Waals surface area contributed by atoms with Crippen molar-refractivity contribution < 1.29 is 19.0 Å². The number of amides is 1. The first kappa shape index (κ1) is 16.9. The lowest BCUT2D eigenvalue weighted by molar-refractivity contribution is -0.126. The maximum atomic E-state index is 13.3. The summed E-state index contributed by atoms with van der Waals surface area (Å²) in [4.78, 5) is 14.7. The third kappa shape index (κ3) is 2.60. The number of hydrogen-bond donors (Lipinski definition) is 1. The first-order valence-electron chi connectivity index (χ1n) is 9.39. The predicted octanol–water partition coefficient (Wildman–Crippen LogP) is 1.56. The van der Waals surface area contributed by atoms with Crippen molar-refractivity contribution in [2.75, 3.05) is 13.1 Å². The molecule has 0 spiro atoms. The van der Waals surface area contributed by atoms with Crippen molar-refractivity contribution in [3.8, 4) is 0 Å². The molecule has 1 amide bonds. The Labute approximate surface area is 156 Å². The van der Waals surface area contributed by atoms with Gasteiger partial charge in [-0.3, -0.25) is 9.48 Å². The Balaban J connectivity index is 1.41. The summed E-state index contributed by atoms with van der Waals surface area (Å²) < 4.78 is 21.0. The molecule has 142 valence electrons. The molecule has 2 bridgehead atoms. The van der Waals surface area contributed by atoms with Crippen molar-refractivity contribution in [3.05, 3.63) is 53.6 Å². The topological polar surface area (TPSA) is 67.6 Å². The fourth-order valence-electron chi connectivity index (χ4n) is 5.14. The predicted molar refractivity (Wildman–Crippen MR) is 94.5 cm³/mol. The van der Waals surface area contributed by atoms with Crippen molar-refractivity contribution in [3.63, 3.8) is 0 Å². The fraction of sp³-hybridized carbons (Fsp3) is 0.500. The zero-order valence-electron chi connectivity index (χ0n) is 15.0. The number of rotatable bonds is 2. The zero-order valence-corrected chi connectivity index (χ0v) is 15.0. The van der Waals surface area contributed by atoms with Gasteiger partial charge in [0.15, 0.2) is 0 Å². The third-order valence-electron chi connectivity index (χ3n) is 6.49. The van der Waals surface area contributed by atoms with Crippen molar-refractivity contribution in [2.24, 2.45) is 18.9 Å². The molecule has 2 aromatic rings. The summed E-state index contributed by atoms with van der Waals surface area (Å²) in [7, 11) is 1.75. The van der Waals surface area contributed by atoms with Crippen LogP contribution in [0.1, 0.15) is 28.4 Å². The molecule has 0 saturated carbocycles. The monoisotopic (exact) mass is 371 g/mol. The number of ether oxygens (including phenoxy) is 1. The van der Waals surface area contributed by atoms with Gasteiger partial charge in [-0.25, -0.2) is 4.39 Å². The molecule has 3 aliphatic rings. The molecule has 3 fully saturated rings. The summed E-state index contributed by atoms with van der Waals surface area (Å²) in [6, 6.07) is 8.26. The van der Waals surface area contributed by atoms with E-state index in [0.29, 0.717) is 18.8 Å². The van der Waals surface area contributed by atoms with Crippen LogP contribution in [-0.4, -0.2) is 57.1 Å². The number of carbonyl (C=O) groups is 1. The van der Waals surface area contributed by atoms with Crippen LogP contribution in [0.25, 0.3) is 0 Å². The number of nitrogens with zero attached hydrogens (tertiary/aromatic N) is 3. The quantitative estimate of drug-likeness (QED) is 0.870. The van der Waals surface area contributed by atoms with Gasteiger partial charge in [-0.2, -0.15) is 5.10 Å². The number of aryl methyl sites for hydroxylation is 1. The summed E-state index contributed by atoms with van der Waals surface area (Å²) in [5.41, 5.74) is 1.58. The van der Waals surface area contributed by atoms with E-state index in [1.807, 2.05) is 0 Å². The number of benzene rings is 1. The summed E-state index contributed by atoms with van der Waals surface area (Å²) in [6.07, 6.45) is 1.48. The Kier molecular flexibility index (Phi) is 3.84. The van der Waals surface area contributed by atoms with Gasteiger partial charge in [0, 0.05) is 44.1 Å². The second-order valence-electron chi connectivity index (χ2n) is 7.90. The highest BCUT2D eigenvalue weighted by Crippen LogP contribution is 2.50. The van der Waals surface area contributed by atoms with Crippen LogP contribution in [0, 0.1) is 17.7 Å². The van der Waals surface area contributed by atoms with Crippen LogP contribution in [0.4, 0.5) is 4.39 Å². The molecule has 1 aromatic carbocycles. The minimum Gasteiger partial charge on any atom is -0.390 e. The second-order valence-corrected chi connectivity index (χ2v) is 7.90. The van der Waals surface area contributed by atoms with E-state index in [-0.39, 0.29) is 41.7 Å². The second kappa shape index (κ2) is 6.14. The first-order valence-corrected chi connectivity index (χ1v) is 9.39. The fourth-order valence-corrected chi connectivity index (χ4v) is 5.14. The zero-order chi connectivity index (χ0) is 18.7. The number of likely N-dealkylation sites (tertiary alicyclic amines) is 1. The minimum absolute atomic E-state index is 0.0105. The van der Waals surface area contributed by atoms with E-state index in [4.69, 9.17) is 4.74 Å². The number of fused-ring (bicyclic) bond motifs is 4. The van der Waals surface area contributed by atoms with E-state index in [1.165, 1.54) is 12.1 Å². The molecule has 27 heavy (non-hydrogen) atoms. The van der Waals surface area contributed by atoms with E-state index in [9.17, 15) is 14.3 Å². The summed E-state index contributed by atoms with van der Waals surface area (Å²) >= 11 is 0. The van der Waals surface area contributed by atoms with Crippen molar-refractivity contribution >= 4 is 5.91 Å². The summed E-state index contributed by atoms with van der Waals surface area (Å²) in [6.45, 7) is 1.09. The van der Waals surface area contributed by atoms with Crippen LogP contribution in [0.15, 0.2) is 36.5 Å². The van der Waals surface area contributed by atoms with Crippen LogP contribution >= 0.6 is 0 Å². The van der Waals surface area contributed by atoms with Gasteiger partial charge in [-0.15, -0.1) is 0 Å². The molecule has 5 rings (SSSR count). The van der Waals surface area contributed by atoms with Crippen LogP contribution in [-0.2, 0) is 11.8 Å². The minimum atomic E-state index is -0.582. The first-order chi connectivity index (χ1) is 13.0. The van der Waals surface area contributed by atoms with Gasteiger partial charge >= 0.3 is 0 Å². The van der Waals surface area contributed by atoms with E-state index >= 15 is 0 Å². The molecule has 6 atom stereocenters. The van der Waals surface area contributed by atoms with Crippen molar-refractivity contribution in [2.45, 2.75) is 30.7 Å². The van der Waals surface area contributed by atoms with Gasteiger partial charge in [0.1, 0.15) is 11.5 Å². The Morgan fingerprint density at radius 1 is 1.22 bits per heavy atom. The van der Waals surface area contributed by atoms with Gasteiger partial charge in [-0.05, 0) is 30.2 Å². The van der Waals surface area contributed by atoms with Crippen molar-refractivity contribution in [1.82, 2.24) is 14.7 Å². The molecule has 1 N–H and O–H groups in total. The molecule has 0 unspecified atom stereocenters. The van der Waals surface area contributed by atoms with Gasteiger partial charge in [0.05, 0.1) is 18.3 Å². The summed E-state index contributed by atoms with van der Waals surface area (Å²) in [5, 5.41) is 14.9. The van der Waals surface area contributed by atoms with Gasteiger partial charge in [0.2, 0.25) is 0 Å². The Morgan fingerprint density at radius 2 is 1.96 bits per heavy atom. The number of carbonyl (C=O) groups excluding carboxylic acids is 1. The number of aliphatic hydroxyl groups is 1. The lowest BCUT2D eigenvalue weighted by Crippen LogP contribution is -2.46. The Hall–Kier alpha value is -2.25. The van der Waals surface area contributed by atoms with E-state index in [1.54, 1.807) is 41.0 Å². The lowest BCUT2D eigenvalue weighted by Gasteiger charge is -2.36. The lowest BCUT2D eigenvalue weighted by atomic mass is 9.81. The molecule has 0 radical (unpaired) electrons. The van der Waals surface area contributed by atoms with E-state index in [0.717, 1.165) is 12.0 Å². The Bertz CT molecular complexity index is 868. The largest absolute Gasteiger partial charge is 0.390 e. The molecule has 3 saturated heterocycles. The maximum absolute atomic E-state index is 13.3. The highest BCUT2D eigenvalue weighted by atomic mass is 19.1. The molecule has 1 aromatic heterocycles. The average Bonchev–Trinajstić information content (AvgIpc) is 3.37. The molecular weight excluding hydrogens is 349 g/mol. The molecule has 0 aliphatic carbocycles. The standard InChI is InChI=1S/C20H22FN3O3/c1-23-16(6-7-22-23)20(26)24-9-14-15(10-24)19-13(8-17(27-19)18(14)25)11-2-4-12(21)5-3-11/h2-7,13-15,17-19,25H,8-10H2,1H3/t13-,14-,15+,17+,18+,19-/m1/s1. The molecular formula is C20H22FN3O3. The van der Waals surface area contributed by atoms with Gasteiger partial charge in [-0.1, -0.05) is 12.1 Å². The van der Waals surface area contributed by atoms with Crippen LogP contribution < -0.4 is 0 Å². The number of hydrogen-bond acceptors (Lipinski definition) is 4. The number of aliphatic hydroxyl groups excluding tert-OH is 1. The molecule has 6 nitrogen and oxygen atoms in total. The Morgan fingerprint density at radius 3 is 2.67 bits per heavy atom. The highest BCUT2D eigenvalue weighted by Gasteiger charge is 2.57. The smallest absolute Gasteiger partial charge is 0.272 e. The van der Waals surface area contributed by atoms with E-state index < -0.39 is 6.10 Å². The van der Waals surface area contributed by atoms with Crippen LogP contribution in [0.3, 0.4) is 0 Å². The number of aromatic nitrogens is 2. The molecule has 3 aliphatic heterocycles. The van der Waals surface area contributed by atoms with Crippen LogP contribution in [0.5, 0.6) is 0 Å². The molecule has 4 heterocycles. The average molecular weight is 371 g/mol. The normalized spacial score (nSPS) is 34.7. The third-order valence-corrected chi connectivity index (χ3v) is 6.49.